The minimum atomic E-state index is -0.0276. The zero-order valence-corrected chi connectivity index (χ0v) is 16.5. The first-order valence-corrected chi connectivity index (χ1v) is 9.64. The lowest BCUT2D eigenvalue weighted by atomic mass is 9.94. The number of amides is 1. The second-order valence-electron chi connectivity index (χ2n) is 7.41. The normalized spacial score (nSPS) is 15.7. The highest BCUT2D eigenvalue weighted by atomic mass is 16.5. The third kappa shape index (κ3) is 5.32. The Morgan fingerprint density at radius 3 is 2.59 bits per heavy atom. The van der Waals surface area contributed by atoms with Gasteiger partial charge in [0.25, 0.3) is 5.91 Å². The van der Waals surface area contributed by atoms with E-state index >= 15 is 0 Å². The number of likely N-dealkylation sites (tertiary alicyclic amines) is 1. The molecule has 0 saturated carbocycles. The number of ether oxygens (including phenoxy) is 1. The van der Waals surface area contributed by atoms with Gasteiger partial charge in [0.15, 0.2) is 0 Å². The summed E-state index contributed by atoms with van der Waals surface area (Å²) in [6, 6.07) is 7.25. The van der Waals surface area contributed by atoms with Gasteiger partial charge < -0.3 is 19.5 Å². The lowest BCUT2D eigenvalue weighted by Crippen LogP contribution is -2.32. The van der Waals surface area contributed by atoms with Crippen molar-refractivity contribution in [2.24, 2.45) is 5.92 Å². The quantitative estimate of drug-likeness (QED) is 0.809. The van der Waals surface area contributed by atoms with Crippen LogP contribution in [0.15, 0.2) is 28.8 Å². The molecule has 6 heteroatoms. The first-order chi connectivity index (χ1) is 13.0. The van der Waals surface area contributed by atoms with Crippen LogP contribution in [-0.4, -0.2) is 42.6 Å². The Morgan fingerprint density at radius 1 is 1.26 bits per heavy atom. The molecular formula is C21H29N3O3. The fourth-order valence-electron chi connectivity index (χ4n) is 3.41. The van der Waals surface area contributed by atoms with Crippen LogP contribution in [0.5, 0.6) is 5.75 Å². The van der Waals surface area contributed by atoms with Crippen LogP contribution in [0.25, 0.3) is 0 Å². The van der Waals surface area contributed by atoms with Gasteiger partial charge >= 0.3 is 0 Å². The van der Waals surface area contributed by atoms with E-state index in [0.717, 1.165) is 54.7 Å². The van der Waals surface area contributed by atoms with Crippen molar-refractivity contribution < 1.29 is 14.1 Å². The molecule has 0 unspecified atom stereocenters. The summed E-state index contributed by atoms with van der Waals surface area (Å²) >= 11 is 0. The van der Waals surface area contributed by atoms with Gasteiger partial charge in [-0.05, 0) is 83.4 Å². The van der Waals surface area contributed by atoms with E-state index in [1.54, 1.807) is 12.1 Å². The van der Waals surface area contributed by atoms with Gasteiger partial charge in [0.05, 0.1) is 11.3 Å². The van der Waals surface area contributed by atoms with Crippen molar-refractivity contribution in [3.05, 3.63) is 46.8 Å². The van der Waals surface area contributed by atoms with Crippen molar-refractivity contribution in [3.63, 3.8) is 0 Å². The van der Waals surface area contributed by atoms with Crippen molar-refractivity contribution in [2.45, 2.75) is 39.7 Å². The zero-order valence-electron chi connectivity index (χ0n) is 16.5. The molecule has 3 rings (SSSR count). The van der Waals surface area contributed by atoms with Gasteiger partial charge in [-0.3, -0.25) is 4.79 Å². The molecule has 1 amide bonds. The largest absolute Gasteiger partial charge is 0.489 e. The average Bonchev–Trinajstić information content (AvgIpc) is 3.00. The number of nitrogens with zero attached hydrogens (tertiary/aromatic N) is 2. The summed E-state index contributed by atoms with van der Waals surface area (Å²) in [4.78, 5) is 14.7. The number of nitrogens with one attached hydrogen (secondary N) is 1. The van der Waals surface area contributed by atoms with Gasteiger partial charge in [-0.1, -0.05) is 5.16 Å². The van der Waals surface area contributed by atoms with Crippen LogP contribution in [0.4, 0.5) is 0 Å². The predicted octanol–water partition coefficient (Wildman–Crippen LogP) is 3.33. The summed E-state index contributed by atoms with van der Waals surface area (Å²) in [7, 11) is 2.17. The van der Waals surface area contributed by atoms with E-state index in [1.807, 2.05) is 26.0 Å². The van der Waals surface area contributed by atoms with E-state index < -0.39 is 0 Å². The number of hydrogen-bond donors (Lipinski definition) is 1. The first kappa shape index (κ1) is 19.4. The van der Waals surface area contributed by atoms with Crippen LogP contribution in [0.3, 0.4) is 0 Å². The monoisotopic (exact) mass is 371 g/mol. The van der Waals surface area contributed by atoms with Crippen LogP contribution in [0, 0.1) is 19.8 Å². The van der Waals surface area contributed by atoms with Crippen molar-refractivity contribution in [3.8, 4) is 5.75 Å². The Morgan fingerprint density at radius 2 is 1.96 bits per heavy atom. The van der Waals surface area contributed by atoms with Crippen LogP contribution in [0.2, 0.25) is 0 Å². The summed E-state index contributed by atoms with van der Waals surface area (Å²) in [6.07, 6.45) is 3.51. The third-order valence-electron chi connectivity index (χ3n) is 5.36. The highest BCUT2D eigenvalue weighted by molar-refractivity contribution is 5.94. The fourth-order valence-corrected chi connectivity index (χ4v) is 3.41. The van der Waals surface area contributed by atoms with E-state index in [-0.39, 0.29) is 5.91 Å². The minimum Gasteiger partial charge on any atom is -0.489 e. The summed E-state index contributed by atoms with van der Waals surface area (Å²) in [5, 5.41) is 6.95. The summed E-state index contributed by atoms with van der Waals surface area (Å²) in [5.74, 6) is 2.19. The average molecular weight is 371 g/mol. The van der Waals surface area contributed by atoms with E-state index in [1.165, 1.54) is 12.8 Å². The maximum absolute atomic E-state index is 12.3. The maximum atomic E-state index is 12.3. The third-order valence-corrected chi connectivity index (χ3v) is 5.36. The number of rotatable bonds is 7. The number of aryl methyl sites for hydroxylation is 2. The Balaban J connectivity index is 1.43. The van der Waals surface area contributed by atoms with Gasteiger partial charge in [0.2, 0.25) is 0 Å². The Hall–Kier alpha value is -2.34. The smallest absolute Gasteiger partial charge is 0.251 e. The summed E-state index contributed by atoms with van der Waals surface area (Å²) in [6.45, 7) is 7.23. The number of benzene rings is 1. The maximum Gasteiger partial charge on any atom is 0.251 e. The van der Waals surface area contributed by atoms with Crippen LogP contribution in [0.1, 0.15) is 46.6 Å². The molecule has 1 N–H and O–H groups in total. The van der Waals surface area contributed by atoms with Crippen molar-refractivity contribution >= 4 is 5.91 Å². The lowest BCUT2D eigenvalue weighted by molar-refractivity contribution is 0.0949. The number of carbonyl (C=O) groups is 1. The molecule has 1 fully saturated rings. The van der Waals surface area contributed by atoms with Gasteiger partial charge in [-0.15, -0.1) is 0 Å². The van der Waals surface area contributed by atoms with E-state index in [0.29, 0.717) is 12.2 Å². The Bertz CT molecular complexity index is 727. The molecule has 6 nitrogen and oxygen atoms in total. The molecule has 27 heavy (non-hydrogen) atoms. The molecule has 1 saturated heterocycles. The summed E-state index contributed by atoms with van der Waals surface area (Å²) < 4.78 is 10.9. The molecule has 0 aliphatic carbocycles. The van der Waals surface area contributed by atoms with Crippen LogP contribution in [-0.2, 0) is 6.61 Å². The molecule has 0 bridgehead atoms. The number of aromatic nitrogens is 1. The van der Waals surface area contributed by atoms with Crippen molar-refractivity contribution in [1.82, 2.24) is 15.4 Å². The molecular weight excluding hydrogens is 342 g/mol. The highest BCUT2D eigenvalue weighted by Crippen LogP contribution is 2.20. The molecule has 146 valence electrons. The molecule has 0 radical (unpaired) electrons. The lowest BCUT2D eigenvalue weighted by Gasteiger charge is -2.28. The van der Waals surface area contributed by atoms with E-state index in [2.05, 4.69) is 22.4 Å². The molecule has 2 heterocycles. The topological polar surface area (TPSA) is 67.6 Å². The van der Waals surface area contributed by atoms with Crippen molar-refractivity contribution in [1.29, 1.82) is 0 Å². The molecule has 1 aromatic carbocycles. The molecule has 0 atom stereocenters. The van der Waals surface area contributed by atoms with Crippen molar-refractivity contribution in [2.75, 3.05) is 26.7 Å². The Labute approximate surface area is 160 Å². The number of carbonyl (C=O) groups excluding carboxylic acids is 1. The number of hydrogen-bond acceptors (Lipinski definition) is 5. The van der Waals surface area contributed by atoms with Gasteiger partial charge in [0, 0.05) is 12.1 Å². The molecule has 1 aliphatic rings. The molecule has 1 aromatic heterocycles. The minimum absolute atomic E-state index is 0.0276. The molecule has 1 aliphatic heterocycles. The van der Waals surface area contributed by atoms with Gasteiger partial charge in [-0.2, -0.15) is 0 Å². The Kier molecular flexibility index (Phi) is 6.50. The molecule has 0 spiro atoms. The van der Waals surface area contributed by atoms with E-state index in [4.69, 9.17) is 9.26 Å². The highest BCUT2D eigenvalue weighted by Gasteiger charge is 2.16. The van der Waals surface area contributed by atoms with Crippen LogP contribution < -0.4 is 10.1 Å². The number of piperidine rings is 1. The van der Waals surface area contributed by atoms with Gasteiger partial charge in [-0.25, -0.2) is 0 Å². The predicted molar refractivity (Wildman–Crippen MR) is 104 cm³/mol. The SMILES string of the molecule is Cc1noc(C)c1COc1ccc(C(=O)NCCC2CCN(C)CC2)cc1. The zero-order chi connectivity index (χ0) is 19.2. The first-order valence-electron chi connectivity index (χ1n) is 9.64. The summed E-state index contributed by atoms with van der Waals surface area (Å²) in [5.41, 5.74) is 2.46. The standard InChI is InChI=1S/C21H29N3O3/c1-15-20(16(2)27-23-15)14-26-19-6-4-18(5-7-19)21(25)22-11-8-17-9-12-24(3)13-10-17/h4-7,17H,8-14H2,1-3H3,(H,22,25). The van der Waals surface area contributed by atoms with Gasteiger partial charge in [0.1, 0.15) is 18.1 Å². The fraction of sp³-hybridized carbons (Fsp3) is 0.524. The second kappa shape index (κ2) is 9.04. The van der Waals surface area contributed by atoms with Crippen LogP contribution >= 0.6 is 0 Å². The molecule has 2 aromatic rings. The van der Waals surface area contributed by atoms with E-state index in [9.17, 15) is 4.79 Å². The second-order valence-corrected chi connectivity index (χ2v) is 7.41.